The van der Waals surface area contributed by atoms with Crippen molar-refractivity contribution in [2.45, 2.75) is 60.5 Å². The Morgan fingerprint density at radius 3 is 2.48 bits per heavy atom. The van der Waals surface area contributed by atoms with E-state index in [1.807, 2.05) is 36.9 Å². The Labute approximate surface area is 160 Å². The molecule has 3 rings (SSSR count). The fraction of sp³-hybridized carbons (Fsp3) is 0.500. The van der Waals surface area contributed by atoms with Gasteiger partial charge in [-0.05, 0) is 46.2 Å². The number of anilines is 1. The zero-order valence-corrected chi connectivity index (χ0v) is 17.1. The first-order valence-corrected chi connectivity index (χ1v) is 9.43. The SMILES string of the molecule is Cc1ccn(CCNc2cc(C(C)Cn3nc(C)c(C)c3C)nc(C)n2)n1. The number of nitrogens with one attached hydrogen (secondary N) is 1. The van der Waals surface area contributed by atoms with Gasteiger partial charge in [-0.3, -0.25) is 9.36 Å². The lowest BCUT2D eigenvalue weighted by Crippen LogP contribution is -2.15. The Kier molecular flexibility index (Phi) is 5.58. The molecule has 0 saturated carbocycles. The van der Waals surface area contributed by atoms with Crippen LogP contribution in [0.1, 0.15) is 47.0 Å². The van der Waals surface area contributed by atoms with Crippen LogP contribution < -0.4 is 5.32 Å². The summed E-state index contributed by atoms with van der Waals surface area (Å²) in [7, 11) is 0. The summed E-state index contributed by atoms with van der Waals surface area (Å²) in [6, 6.07) is 4.06. The maximum atomic E-state index is 4.65. The van der Waals surface area contributed by atoms with Crippen LogP contribution >= 0.6 is 0 Å². The van der Waals surface area contributed by atoms with Crippen LogP contribution in [0.2, 0.25) is 0 Å². The predicted octanol–water partition coefficient (Wildman–Crippen LogP) is 3.33. The van der Waals surface area contributed by atoms with E-state index in [1.54, 1.807) is 0 Å². The number of aromatic nitrogens is 6. The molecule has 3 heterocycles. The average molecular weight is 368 g/mol. The third kappa shape index (κ3) is 4.53. The van der Waals surface area contributed by atoms with E-state index in [0.29, 0.717) is 0 Å². The van der Waals surface area contributed by atoms with E-state index >= 15 is 0 Å². The molecule has 0 saturated heterocycles. The van der Waals surface area contributed by atoms with Crippen LogP contribution in [0.25, 0.3) is 0 Å². The van der Waals surface area contributed by atoms with Crippen LogP contribution in [0.5, 0.6) is 0 Å². The molecule has 0 aliphatic heterocycles. The van der Waals surface area contributed by atoms with Gasteiger partial charge in [0.2, 0.25) is 0 Å². The van der Waals surface area contributed by atoms with E-state index in [-0.39, 0.29) is 5.92 Å². The smallest absolute Gasteiger partial charge is 0.129 e. The van der Waals surface area contributed by atoms with Gasteiger partial charge in [0.05, 0.1) is 23.6 Å². The van der Waals surface area contributed by atoms with E-state index in [0.717, 1.165) is 48.4 Å². The minimum absolute atomic E-state index is 0.249. The van der Waals surface area contributed by atoms with Gasteiger partial charge in [-0.1, -0.05) is 6.92 Å². The fourth-order valence-corrected chi connectivity index (χ4v) is 3.14. The highest BCUT2D eigenvalue weighted by atomic mass is 15.3. The molecule has 0 bridgehead atoms. The molecule has 27 heavy (non-hydrogen) atoms. The largest absolute Gasteiger partial charge is 0.368 e. The van der Waals surface area contributed by atoms with Crippen molar-refractivity contribution in [2.75, 3.05) is 11.9 Å². The van der Waals surface area contributed by atoms with Crippen LogP contribution in [0.15, 0.2) is 18.3 Å². The Morgan fingerprint density at radius 2 is 1.85 bits per heavy atom. The third-order valence-corrected chi connectivity index (χ3v) is 4.97. The molecule has 144 valence electrons. The molecular weight excluding hydrogens is 338 g/mol. The Bertz CT molecular complexity index is 923. The summed E-state index contributed by atoms with van der Waals surface area (Å²) in [5.74, 6) is 1.89. The lowest BCUT2D eigenvalue weighted by atomic mass is 10.1. The molecule has 0 aliphatic carbocycles. The molecule has 0 radical (unpaired) electrons. The van der Waals surface area contributed by atoms with E-state index < -0.39 is 0 Å². The van der Waals surface area contributed by atoms with Crippen molar-refractivity contribution in [1.82, 2.24) is 29.5 Å². The van der Waals surface area contributed by atoms with Gasteiger partial charge in [-0.25, -0.2) is 9.97 Å². The van der Waals surface area contributed by atoms with Gasteiger partial charge in [0.25, 0.3) is 0 Å². The predicted molar refractivity (Wildman–Crippen MR) is 107 cm³/mol. The number of aryl methyl sites for hydroxylation is 3. The normalized spacial score (nSPS) is 12.4. The molecule has 7 nitrogen and oxygen atoms in total. The number of hydrogen-bond acceptors (Lipinski definition) is 5. The third-order valence-electron chi connectivity index (χ3n) is 4.97. The lowest BCUT2D eigenvalue weighted by molar-refractivity contribution is 0.519. The van der Waals surface area contributed by atoms with E-state index in [9.17, 15) is 0 Å². The summed E-state index contributed by atoms with van der Waals surface area (Å²) in [6.07, 6.45) is 1.99. The minimum Gasteiger partial charge on any atom is -0.368 e. The average Bonchev–Trinajstić information content (AvgIpc) is 3.13. The van der Waals surface area contributed by atoms with Gasteiger partial charge in [0.15, 0.2) is 0 Å². The topological polar surface area (TPSA) is 73.5 Å². The highest BCUT2D eigenvalue weighted by Crippen LogP contribution is 2.20. The van der Waals surface area contributed by atoms with Gasteiger partial charge in [0, 0.05) is 37.0 Å². The minimum atomic E-state index is 0.249. The van der Waals surface area contributed by atoms with Gasteiger partial charge in [-0.15, -0.1) is 0 Å². The van der Waals surface area contributed by atoms with E-state index in [1.165, 1.54) is 11.3 Å². The molecule has 0 amide bonds. The standard InChI is InChI=1S/C20H29N7/c1-13(12-27-17(5)15(3)16(4)25-27)19-11-20(23-18(6)22-19)21-8-10-26-9-7-14(2)24-26/h7,9,11,13H,8,10,12H2,1-6H3,(H,21,22,23). The first-order valence-electron chi connectivity index (χ1n) is 9.43. The summed E-state index contributed by atoms with van der Waals surface area (Å²) in [5.41, 5.74) is 5.64. The molecular formula is C20H29N7. The summed E-state index contributed by atoms with van der Waals surface area (Å²) >= 11 is 0. The molecule has 0 aliphatic rings. The zero-order chi connectivity index (χ0) is 19.6. The van der Waals surface area contributed by atoms with Crippen molar-refractivity contribution in [1.29, 1.82) is 0 Å². The molecule has 3 aromatic heterocycles. The monoisotopic (exact) mass is 367 g/mol. The Balaban J connectivity index is 1.67. The quantitative estimate of drug-likeness (QED) is 0.693. The van der Waals surface area contributed by atoms with Crippen LogP contribution in [-0.2, 0) is 13.1 Å². The molecule has 3 aromatic rings. The van der Waals surface area contributed by atoms with Crippen molar-refractivity contribution in [3.05, 3.63) is 52.5 Å². The molecule has 1 N–H and O–H groups in total. The van der Waals surface area contributed by atoms with Gasteiger partial charge in [-0.2, -0.15) is 10.2 Å². The van der Waals surface area contributed by atoms with Crippen LogP contribution in [-0.4, -0.2) is 36.1 Å². The molecule has 1 atom stereocenters. The molecule has 0 aromatic carbocycles. The van der Waals surface area contributed by atoms with Gasteiger partial charge in [0.1, 0.15) is 11.6 Å². The first-order chi connectivity index (χ1) is 12.8. The lowest BCUT2D eigenvalue weighted by Gasteiger charge is -2.15. The van der Waals surface area contributed by atoms with Crippen molar-refractivity contribution in [2.24, 2.45) is 0 Å². The van der Waals surface area contributed by atoms with Crippen LogP contribution in [0.3, 0.4) is 0 Å². The summed E-state index contributed by atoms with van der Waals surface area (Å²) < 4.78 is 4.02. The maximum absolute atomic E-state index is 4.65. The summed E-state index contributed by atoms with van der Waals surface area (Å²) in [6.45, 7) is 14.8. The summed E-state index contributed by atoms with van der Waals surface area (Å²) in [4.78, 5) is 9.17. The highest BCUT2D eigenvalue weighted by molar-refractivity contribution is 5.37. The zero-order valence-electron chi connectivity index (χ0n) is 17.1. The second kappa shape index (κ2) is 7.90. The summed E-state index contributed by atoms with van der Waals surface area (Å²) in [5, 5.41) is 12.4. The van der Waals surface area contributed by atoms with Crippen molar-refractivity contribution >= 4 is 5.82 Å². The van der Waals surface area contributed by atoms with Gasteiger partial charge >= 0.3 is 0 Å². The Morgan fingerprint density at radius 1 is 1.07 bits per heavy atom. The maximum Gasteiger partial charge on any atom is 0.129 e. The second-order valence-electron chi connectivity index (χ2n) is 7.25. The molecule has 1 unspecified atom stereocenters. The van der Waals surface area contributed by atoms with Crippen molar-refractivity contribution in [3.63, 3.8) is 0 Å². The second-order valence-corrected chi connectivity index (χ2v) is 7.25. The van der Waals surface area contributed by atoms with Crippen LogP contribution in [0, 0.1) is 34.6 Å². The Hall–Kier alpha value is -2.70. The van der Waals surface area contributed by atoms with Crippen molar-refractivity contribution < 1.29 is 0 Å². The number of nitrogens with zero attached hydrogens (tertiary/aromatic N) is 6. The van der Waals surface area contributed by atoms with Crippen LogP contribution in [0.4, 0.5) is 5.82 Å². The van der Waals surface area contributed by atoms with Crippen molar-refractivity contribution in [3.8, 4) is 0 Å². The fourth-order valence-electron chi connectivity index (χ4n) is 3.14. The first kappa shape index (κ1) is 19.1. The number of rotatable bonds is 7. The molecule has 7 heteroatoms. The van der Waals surface area contributed by atoms with Gasteiger partial charge < -0.3 is 5.32 Å². The number of hydrogen-bond donors (Lipinski definition) is 1. The highest BCUT2D eigenvalue weighted by Gasteiger charge is 2.14. The van der Waals surface area contributed by atoms with E-state index in [2.05, 4.69) is 57.9 Å². The molecule has 0 spiro atoms. The van der Waals surface area contributed by atoms with E-state index in [4.69, 9.17) is 0 Å². The molecule has 0 fully saturated rings.